The van der Waals surface area contributed by atoms with Crippen LogP contribution in [-0.4, -0.2) is 30.5 Å². The molecule has 0 radical (unpaired) electrons. The number of ether oxygens (including phenoxy) is 1. The van der Waals surface area contributed by atoms with Crippen molar-refractivity contribution in [3.63, 3.8) is 0 Å². The van der Waals surface area contributed by atoms with Crippen LogP contribution in [0.25, 0.3) is 0 Å². The van der Waals surface area contributed by atoms with Crippen molar-refractivity contribution >= 4 is 0 Å². The van der Waals surface area contributed by atoms with Crippen LogP contribution in [0.4, 0.5) is 0 Å². The highest BCUT2D eigenvalue weighted by Gasteiger charge is 2.23. The third-order valence-electron chi connectivity index (χ3n) is 3.68. The molecule has 0 spiro atoms. The molecule has 0 aromatic heterocycles. The van der Waals surface area contributed by atoms with Crippen molar-refractivity contribution in [2.45, 2.75) is 58.2 Å². The maximum absolute atomic E-state index is 10.1. The molecule has 1 aliphatic heterocycles. The highest BCUT2D eigenvalue weighted by atomic mass is 16.5. The van der Waals surface area contributed by atoms with Crippen LogP contribution in [0.1, 0.15) is 46.0 Å². The number of aliphatic hydroxyl groups excluding tert-OH is 1. The second-order valence-electron chi connectivity index (χ2n) is 5.28. The molecule has 3 atom stereocenters. The molecule has 1 fully saturated rings. The molecule has 3 unspecified atom stereocenters. The van der Waals surface area contributed by atoms with Gasteiger partial charge in [-0.1, -0.05) is 13.8 Å². The van der Waals surface area contributed by atoms with Gasteiger partial charge in [-0.3, -0.25) is 0 Å². The molecule has 1 heterocycles. The highest BCUT2D eigenvalue weighted by Crippen LogP contribution is 2.22. The van der Waals surface area contributed by atoms with E-state index in [1.165, 1.54) is 12.8 Å². The van der Waals surface area contributed by atoms with Crippen LogP contribution in [0.2, 0.25) is 0 Å². The number of hydrogen-bond acceptors (Lipinski definition) is 3. The average molecular weight is 229 g/mol. The first-order valence-corrected chi connectivity index (χ1v) is 6.65. The van der Waals surface area contributed by atoms with Crippen molar-refractivity contribution in [1.82, 2.24) is 0 Å². The van der Waals surface area contributed by atoms with Gasteiger partial charge in [0.1, 0.15) is 0 Å². The molecule has 3 N–H and O–H groups in total. The molecule has 96 valence electrons. The van der Waals surface area contributed by atoms with E-state index in [9.17, 15) is 5.11 Å². The summed E-state index contributed by atoms with van der Waals surface area (Å²) in [5, 5.41) is 10.1. The van der Waals surface area contributed by atoms with E-state index in [0.717, 1.165) is 25.9 Å². The summed E-state index contributed by atoms with van der Waals surface area (Å²) < 4.78 is 5.66. The smallest absolute Gasteiger partial charge is 0.0583 e. The Bertz CT molecular complexity index is 179. The summed E-state index contributed by atoms with van der Waals surface area (Å²) in [5.41, 5.74) is 5.69. The molecule has 0 amide bonds. The first-order chi connectivity index (χ1) is 7.65. The summed E-state index contributed by atoms with van der Waals surface area (Å²) in [6, 6.07) is 0. The minimum Gasteiger partial charge on any atom is -0.393 e. The average Bonchev–Trinajstić information content (AvgIpc) is 2.28. The molecule has 3 heteroatoms. The molecule has 0 bridgehead atoms. The molecule has 0 aromatic rings. The van der Waals surface area contributed by atoms with Gasteiger partial charge in [-0.05, 0) is 50.5 Å². The standard InChI is InChI=1S/C13H27NO2/c1-10(2)12(9-14)13(15)7-6-11-5-3-4-8-16-11/h10-13,15H,3-9,14H2,1-2H3. The topological polar surface area (TPSA) is 55.5 Å². The van der Waals surface area contributed by atoms with Crippen molar-refractivity contribution in [3.05, 3.63) is 0 Å². The van der Waals surface area contributed by atoms with Crippen LogP contribution in [-0.2, 0) is 4.74 Å². The predicted molar refractivity (Wildman–Crippen MR) is 66.2 cm³/mol. The zero-order valence-electron chi connectivity index (χ0n) is 10.7. The summed E-state index contributed by atoms with van der Waals surface area (Å²) in [7, 11) is 0. The molecule has 0 aliphatic carbocycles. The molecule has 3 nitrogen and oxygen atoms in total. The highest BCUT2D eigenvalue weighted by molar-refractivity contribution is 4.75. The minimum atomic E-state index is -0.268. The first-order valence-electron chi connectivity index (χ1n) is 6.65. The Labute approximate surface area is 99.4 Å². The van der Waals surface area contributed by atoms with E-state index in [1.807, 2.05) is 0 Å². The van der Waals surface area contributed by atoms with Gasteiger partial charge >= 0.3 is 0 Å². The minimum absolute atomic E-state index is 0.226. The van der Waals surface area contributed by atoms with Crippen LogP contribution in [0.3, 0.4) is 0 Å². The fourth-order valence-electron chi connectivity index (χ4n) is 2.48. The lowest BCUT2D eigenvalue weighted by molar-refractivity contribution is -0.00556. The molecule has 0 aromatic carbocycles. The molecule has 0 saturated carbocycles. The normalized spacial score (nSPS) is 25.7. The van der Waals surface area contributed by atoms with E-state index >= 15 is 0 Å². The summed E-state index contributed by atoms with van der Waals surface area (Å²) in [6.45, 7) is 5.71. The second-order valence-corrected chi connectivity index (χ2v) is 5.28. The quantitative estimate of drug-likeness (QED) is 0.731. The van der Waals surface area contributed by atoms with Gasteiger partial charge in [-0.25, -0.2) is 0 Å². The van der Waals surface area contributed by atoms with E-state index in [1.54, 1.807) is 0 Å². The van der Waals surface area contributed by atoms with Gasteiger partial charge in [0, 0.05) is 6.61 Å². The van der Waals surface area contributed by atoms with Gasteiger partial charge in [0.2, 0.25) is 0 Å². The van der Waals surface area contributed by atoms with Crippen molar-refractivity contribution in [1.29, 1.82) is 0 Å². The maximum atomic E-state index is 10.1. The third kappa shape index (κ3) is 4.40. The maximum Gasteiger partial charge on any atom is 0.0583 e. The third-order valence-corrected chi connectivity index (χ3v) is 3.68. The lowest BCUT2D eigenvalue weighted by Gasteiger charge is -2.28. The lowest BCUT2D eigenvalue weighted by Crippen LogP contribution is -2.33. The van der Waals surface area contributed by atoms with Crippen LogP contribution in [0, 0.1) is 11.8 Å². The molecular weight excluding hydrogens is 202 g/mol. The lowest BCUT2D eigenvalue weighted by atomic mass is 9.87. The first kappa shape index (κ1) is 13.9. The second kappa shape index (κ2) is 7.25. The van der Waals surface area contributed by atoms with E-state index in [4.69, 9.17) is 10.5 Å². The fourth-order valence-corrected chi connectivity index (χ4v) is 2.48. The SMILES string of the molecule is CC(C)C(CN)C(O)CCC1CCCCO1. The predicted octanol–water partition coefficient (Wildman–Crippen LogP) is 1.93. The Morgan fingerprint density at radius 3 is 2.62 bits per heavy atom. The van der Waals surface area contributed by atoms with Gasteiger partial charge in [0.05, 0.1) is 12.2 Å². The Morgan fingerprint density at radius 2 is 2.12 bits per heavy atom. The molecule has 1 aliphatic rings. The Balaban J connectivity index is 2.24. The molecule has 1 saturated heterocycles. The summed E-state index contributed by atoms with van der Waals surface area (Å²) in [4.78, 5) is 0. The van der Waals surface area contributed by atoms with Crippen LogP contribution in [0.5, 0.6) is 0 Å². The number of aliphatic hydroxyl groups is 1. The number of nitrogens with two attached hydrogens (primary N) is 1. The van der Waals surface area contributed by atoms with Gasteiger partial charge in [-0.15, -0.1) is 0 Å². The van der Waals surface area contributed by atoms with E-state index in [2.05, 4.69) is 13.8 Å². The van der Waals surface area contributed by atoms with Crippen LogP contribution >= 0.6 is 0 Å². The van der Waals surface area contributed by atoms with Crippen molar-refractivity contribution in [2.75, 3.05) is 13.2 Å². The molecule has 1 rings (SSSR count). The zero-order chi connectivity index (χ0) is 12.0. The van der Waals surface area contributed by atoms with E-state index in [-0.39, 0.29) is 12.0 Å². The number of rotatable bonds is 6. The number of hydrogen-bond donors (Lipinski definition) is 2. The van der Waals surface area contributed by atoms with Crippen molar-refractivity contribution in [2.24, 2.45) is 17.6 Å². The van der Waals surface area contributed by atoms with E-state index in [0.29, 0.717) is 18.6 Å². The fraction of sp³-hybridized carbons (Fsp3) is 1.00. The van der Waals surface area contributed by atoms with Crippen LogP contribution in [0.15, 0.2) is 0 Å². The zero-order valence-corrected chi connectivity index (χ0v) is 10.7. The van der Waals surface area contributed by atoms with Gasteiger partial charge in [0.25, 0.3) is 0 Å². The Hall–Kier alpha value is -0.120. The molecular formula is C13H27NO2. The van der Waals surface area contributed by atoms with E-state index < -0.39 is 0 Å². The summed E-state index contributed by atoms with van der Waals surface area (Å²) >= 11 is 0. The van der Waals surface area contributed by atoms with Crippen LogP contribution < -0.4 is 5.73 Å². The van der Waals surface area contributed by atoms with Gasteiger partial charge in [-0.2, -0.15) is 0 Å². The Morgan fingerprint density at radius 1 is 1.38 bits per heavy atom. The monoisotopic (exact) mass is 229 g/mol. The van der Waals surface area contributed by atoms with Gasteiger partial charge < -0.3 is 15.6 Å². The largest absolute Gasteiger partial charge is 0.393 e. The van der Waals surface area contributed by atoms with Gasteiger partial charge in [0.15, 0.2) is 0 Å². The van der Waals surface area contributed by atoms with Crippen molar-refractivity contribution < 1.29 is 9.84 Å². The summed E-state index contributed by atoms with van der Waals surface area (Å²) in [6.07, 6.45) is 5.52. The summed E-state index contributed by atoms with van der Waals surface area (Å²) in [5.74, 6) is 0.677. The Kier molecular flexibility index (Phi) is 6.32. The van der Waals surface area contributed by atoms with Crippen molar-refractivity contribution in [3.8, 4) is 0 Å². The molecule has 16 heavy (non-hydrogen) atoms.